The molecule has 1 saturated heterocycles. The molecule has 2 fully saturated rings. The first-order valence-corrected chi connectivity index (χ1v) is 8.11. The van der Waals surface area contributed by atoms with Gasteiger partial charge in [0.2, 0.25) is 11.8 Å². The summed E-state index contributed by atoms with van der Waals surface area (Å²) in [5.74, 6) is 0.161. The van der Waals surface area contributed by atoms with Crippen molar-refractivity contribution in [3.05, 3.63) is 0 Å². The molecule has 4 nitrogen and oxygen atoms in total. The zero-order valence-corrected chi connectivity index (χ0v) is 13.3. The first-order chi connectivity index (χ1) is 9.45. The van der Waals surface area contributed by atoms with Crippen molar-refractivity contribution in [2.45, 2.75) is 89.8 Å². The van der Waals surface area contributed by atoms with Gasteiger partial charge in [-0.3, -0.25) is 9.59 Å². The number of amides is 2. The van der Waals surface area contributed by atoms with Crippen molar-refractivity contribution in [1.29, 1.82) is 0 Å². The maximum atomic E-state index is 13.1. The van der Waals surface area contributed by atoms with Gasteiger partial charge in [0.05, 0.1) is 0 Å². The van der Waals surface area contributed by atoms with Crippen molar-refractivity contribution in [2.24, 2.45) is 0 Å². The van der Waals surface area contributed by atoms with E-state index in [9.17, 15) is 9.59 Å². The molecular weight excluding hydrogens is 252 g/mol. The highest BCUT2D eigenvalue weighted by molar-refractivity contribution is 6.02. The second-order valence-corrected chi connectivity index (χ2v) is 6.48. The molecule has 1 aliphatic heterocycles. The summed E-state index contributed by atoms with van der Waals surface area (Å²) in [6, 6.07) is 0.246. The normalized spacial score (nSPS) is 30.7. The highest BCUT2D eigenvalue weighted by atomic mass is 16.2. The Hall–Kier alpha value is -1.06. The molecule has 2 aliphatic rings. The zero-order valence-electron chi connectivity index (χ0n) is 13.3. The predicted octanol–water partition coefficient (Wildman–Crippen LogP) is 2.61. The average molecular weight is 280 g/mol. The number of hydrogen-bond acceptors (Lipinski definition) is 2. The van der Waals surface area contributed by atoms with Gasteiger partial charge < -0.3 is 10.2 Å². The summed E-state index contributed by atoms with van der Waals surface area (Å²) in [7, 11) is 0. The van der Waals surface area contributed by atoms with E-state index < -0.39 is 11.1 Å². The van der Waals surface area contributed by atoms with Crippen LogP contribution in [0.4, 0.5) is 0 Å². The average Bonchev–Trinajstić information content (AvgIpc) is 2.97. The van der Waals surface area contributed by atoms with E-state index in [1.807, 2.05) is 32.6 Å². The van der Waals surface area contributed by atoms with Crippen molar-refractivity contribution in [3.8, 4) is 0 Å². The van der Waals surface area contributed by atoms with Crippen molar-refractivity contribution in [2.75, 3.05) is 0 Å². The molecule has 1 saturated carbocycles. The summed E-state index contributed by atoms with van der Waals surface area (Å²) in [6.07, 6.45) is 6.41. The van der Waals surface area contributed by atoms with Crippen molar-refractivity contribution in [3.63, 3.8) is 0 Å². The van der Waals surface area contributed by atoms with Crippen LogP contribution in [0.15, 0.2) is 0 Å². The number of nitrogens with one attached hydrogen (secondary N) is 1. The molecule has 20 heavy (non-hydrogen) atoms. The molecule has 0 aromatic rings. The van der Waals surface area contributed by atoms with Gasteiger partial charge in [0, 0.05) is 6.04 Å². The Morgan fingerprint density at radius 1 is 1.10 bits per heavy atom. The zero-order chi connectivity index (χ0) is 15.0. The molecule has 2 rings (SSSR count). The van der Waals surface area contributed by atoms with E-state index >= 15 is 0 Å². The van der Waals surface area contributed by atoms with Gasteiger partial charge >= 0.3 is 0 Å². The van der Waals surface area contributed by atoms with Crippen LogP contribution >= 0.6 is 0 Å². The van der Waals surface area contributed by atoms with E-state index in [4.69, 9.17) is 0 Å². The van der Waals surface area contributed by atoms with Crippen molar-refractivity contribution < 1.29 is 9.59 Å². The van der Waals surface area contributed by atoms with E-state index in [-0.39, 0.29) is 17.9 Å². The molecule has 2 amide bonds. The number of nitrogens with zero attached hydrogens (tertiary/aromatic N) is 1. The van der Waals surface area contributed by atoms with E-state index in [1.165, 1.54) is 12.8 Å². The molecule has 0 spiro atoms. The van der Waals surface area contributed by atoms with Gasteiger partial charge in [-0.2, -0.15) is 0 Å². The predicted molar refractivity (Wildman–Crippen MR) is 79.3 cm³/mol. The van der Waals surface area contributed by atoms with Crippen LogP contribution in [0.5, 0.6) is 0 Å². The Kier molecular flexibility index (Phi) is 4.12. The topological polar surface area (TPSA) is 49.4 Å². The second kappa shape index (κ2) is 5.38. The summed E-state index contributed by atoms with van der Waals surface area (Å²) >= 11 is 0. The number of hydrogen-bond donors (Lipinski definition) is 1. The monoisotopic (exact) mass is 280 g/mol. The lowest BCUT2D eigenvalue weighted by Crippen LogP contribution is -2.76. The fraction of sp³-hybridized carbons (Fsp3) is 0.875. The van der Waals surface area contributed by atoms with Gasteiger partial charge in [-0.15, -0.1) is 0 Å². The lowest BCUT2D eigenvalue weighted by Gasteiger charge is -2.53. The number of carbonyl (C=O) groups excluding carboxylic acids is 2. The van der Waals surface area contributed by atoms with E-state index in [0.717, 1.165) is 12.8 Å². The molecule has 4 heteroatoms. The molecule has 0 bridgehead atoms. The number of carbonyl (C=O) groups is 2. The third-order valence-corrected chi connectivity index (χ3v) is 5.59. The van der Waals surface area contributed by atoms with Crippen LogP contribution < -0.4 is 5.32 Å². The summed E-state index contributed by atoms with van der Waals surface area (Å²) in [5.41, 5.74) is -1.37. The van der Waals surface area contributed by atoms with Crippen molar-refractivity contribution >= 4 is 11.8 Å². The van der Waals surface area contributed by atoms with Crippen LogP contribution in [0.1, 0.15) is 72.6 Å². The van der Waals surface area contributed by atoms with Crippen LogP contribution in [0.2, 0.25) is 0 Å². The molecule has 1 heterocycles. The number of rotatable bonds is 4. The van der Waals surface area contributed by atoms with Crippen LogP contribution in [-0.2, 0) is 9.59 Å². The maximum absolute atomic E-state index is 13.1. The van der Waals surface area contributed by atoms with Gasteiger partial charge in [-0.25, -0.2) is 0 Å². The van der Waals surface area contributed by atoms with Crippen LogP contribution in [0, 0.1) is 0 Å². The molecule has 1 atom stereocenters. The molecule has 1 N–H and O–H groups in total. The first-order valence-electron chi connectivity index (χ1n) is 8.11. The smallest absolute Gasteiger partial charge is 0.249 e. The second-order valence-electron chi connectivity index (χ2n) is 6.48. The van der Waals surface area contributed by atoms with Gasteiger partial charge in [0.15, 0.2) is 0 Å². The summed E-state index contributed by atoms with van der Waals surface area (Å²) in [5, 5.41) is 3.04. The quantitative estimate of drug-likeness (QED) is 0.860. The SMILES string of the molecule is CCC1(CC)NC(=O)C(C)(CC)N(C2CCCC2)C1=O. The molecule has 0 aromatic carbocycles. The third kappa shape index (κ3) is 2.04. The van der Waals surface area contributed by atoms with Crippen LogP contribution in [-0.4, -0.2) is 33.8 Å². The lowest BCUT2D eigenvalue weighted by molar-refractivity contribution is -0.166. The Labute approximate surface area is 122 Å². The van der Waals surface area contributed by atoms with Gasteiger partial charge in [-0.05, 0) is 39.0 Å². The molecule has 1 aliphatic carbocycles. The molecule has 114 valence electrons. The van der Waals surface area contributed by atoms with Gasteiger partial charge in [-0.1, -0.05) is 33.6 Å². The number of piperazine rings is 1. The largest absolute Gasteiger partial charge is 0.340 e. The minimum atomic E-state index is -0.686. The van der Waals surface area contributed by atoms with Crippen molar-refractivity contribution in [1.82, 2.24) is 10.2 Å². The molecule has 0 radical (unpaired) electrons. The lowest BCUT2D eigenvalue weighted by atomic mass is 9.80. The third-order valence-electron chi connectivity index (χ3n) is 5.59. The highest BCUT2D eigenvalue weighted by Gasteiger charge is 2.56. The van der Waals surface area contributed by atoms with Gasteiger partial charge in [0.1, 0.15) is 11.1 Å². The fourth-order valence-corrected chi connectivity index (χ4v) is 3.76. The minimum Gasteiger partial charge on any atom is -0.340 e. The Bertz CT molecular complexity index is 397. The maximum Gasteiger partial charge on any atom is 0.249 e. The summed E-state index contributed by atoms with van der Waals surface area (Å²) in [6.45, 7) is 7.90. The van der Waals surface area contributed by atoms with Crippen LogP contribution in [0.25, 0.3) is 0 Å². The Morgan fingerprint density at radius 2 is 1.65 bits per heavy atom. The molecule has 1 unspecified atom stereocenters. The summed E-state index contributed by atoms with van der Waals surface area (Å²) in [4.78, 5) is 27.8. The van der Waals surface area contributed by atoms with E-state index in [0.29, 0.717) is 19.3 Å². The molecular formula is C16H28N2O2. The van der Waals surface area contributed by atoms with E-state index in [2.05, 4.69) is 5.32 Å². The highest BCUT2D eigenvalue weighted by Crippen LogP contribution is 2.38. The Balaban J connectivity index is 2.43. The minimum absolute atomic E-state index is 0.0233. The summed E-state index contributed by atoms with van der Waals surface area (Å²) < 4.78 is 0. The first kappa shape index (κ1) is 15.3. The standard InChI is InChI=1S/C16H28N2O2/c1-5-15(4)13(19)17-16(6-2,7-3)14(20)18(15)12-10-8-9-11-12/h12H,5-11H2,1-4H3,(H,17,19). The van der Waals surface area contributed by atoms with E-state index in [1.54, 1.807) is 0 Å². The fourth-order valence-electron chi connectivity index (χ4n) is 3.76. The van der Waals surface area contributed by atoms with Gasteiger partial charge in [0.25, 0.3) is 0 Å². The molecule has 0 aromatic heterocycles. The Morgan fingerprint density at radius 3 is 2.10 bits per heavy atom. The van der Waals surface area contributed by atoms with Crippen LogP contribution in [0.3, 0.4) is 0 Å².